The van der Waals surface area contributed by atoms with E-state index in [-0.39, 0.29) is 18.4 Å². The van der Waals surface area contributed by atoms with Crippen LogP contribution in [0, 0.1) is 0 Å². The van der Waals surface area contributed by atoms with E-state index >= 15 is 0 Å². The molecular formula is C27H36ClNO3. The first kappa shape index (κ1) is 24.6. The summed E-state index contributed by atoms with van der Waals surface area (Å²) < 4.78 is 11.1. The van der Waals surface area contributed by atoms with Crippen molar-refractivity contribution in [2.75, 3.05) is 33.4 Å². The van der Waals surface area contributed by atoms with Gasteiger partial charge in [0, 0.05) is 6.54 Å². The Morgan fingerprint density at radius 1 is 1.00 bits per heavy atom. The Labute approximate surface area is 198 Å². The molecule has 4 nitrogen and oxygen atoms in total. The number of hydrogen-bond donors (Lipinski definition) is 0. The zero-order chi connectivity index (χ0) is 21.5. The van der Waals surface area contributed by atoms with Crippen molar-refractivity contribution in [3.8, 4) is 5.75 Å². The van der Waals surface area contributed by atoms with E-state index in [1.807, 2.05) is 24.3 Å². The van der Waals surface area contributed by atoms with Crippen LogP contribution in [0.15, 0.2) is 54.6 Å². The Morgan fingerprint density at radius 2 is 1.66 bits per heavy atom. The first-order valence-electron chi connectivity index (χ1n) is 11.8. The molecule has 0 spiro atoms. The second-order valence-electron chi connectivity index (χ2n) is 9.03. The molecule has 0 unspecified atom stereocenters. The summed E-state index contributed by atoms with van der Waals surface area (Å²) in [7, 11) is 1.67. The number of methoxy groups -OCH3 is 1. The number of carbonyl (C=O) groups is 1. The third kappa shape index (κ3) is 5.65. The summed E-state index contributed by atoms with van der Waals surface area (Å²) in [5.41, 5.74) is 2.07. The molecule has 5 heteroatoms. The number of halogens is 1. The topological polar surface area (TPSA) is 38.8 Å². The fourth-order valence-corrected chi connectivity index (χ4v) is 5.31. The van der Waals surface area contributed by atoms with Gasteiger partial charge in [-0.05, 0) is 74.4 Å². The van der Waals surface area contributed by atoms with E-state index in [2.05, 4.69) is 35.2 Å². The molecule has 174 valence electrons. The van der Waals surface area contributed by atoms with Gasteiger partial charge in [0.15, 0.2) is 0 Å². The van der Waals surface area contributed by atoms with Crippen molar-refractivity contribution in [1.82, 2.24) is 4.90 Å². The first-order chi connectivity index (χ1) is 15.2. The van der Waals surface area contributed by atoms with Crippen molar-refractivity contribution >= 4 is 18.4 Å². The average molecular weight is 458 g/mol. The summed E-state index contributed by atoms with van der Waals surface area (Å²) in [6.07, 6.45) is 7.25. The first-order valence-corrected chi connectivity index (χ1v) is 11.8. The minimum Gasteiger partial charge on any atom is -0.497 e. The van der Waals surface area contributed by atoms with Crippen LogP contribution < -0.4 is 4.74 Å². The highest BCUT2D eigenvalue weighted by molar-refractivity contribution is 5.85. The fraction of sp³-hybridized carbons (Fsp3) is 0.519. The molecule has 2 aromatic rings. The zero-order valence-electron chi connectivity index (χ0n) is 19.1. The van der Waals surface area contributed by atoms with E-state index in [0.717, 1.165) is 63.1 Å². The van der Waals surface area contributed by atoms with Crippen LogP contribution >= 0.6 is 12.4 Å². The molecule has 32 heavy (non-hydrogen) atoms. The second kappa shape index (κ2) is 11.7. The summed E-state index contributed by atoms with van der Waals surface area (Å²) in [5, 5.41) is 0. The standard InChI is InChI=1S/C27H35NO3.ClH/c1-30-25-12-10-24(11-13-25)27(16-5-6-17-27)26(29)31-21-7-18-28-19-14-23(15-20-28)22-8-3-2-4-9-22;/h2-4,8-13,23H,5-7,14-21H2,1H3;1H. The maximum absolute atomic E-state index is 13.1. The van der Waals surface area contributed by atoms with Gasteiger partial charge in [0.05, 0.1) is 19.1 Å². The van der Waals surface area contributed by atoms with Gasteiger partial charge < -0.3 is 14.4 Å². The van der Waals surface area contributed by atoms with Crippen LogP contribution in [-0.4, -0.2) is 44.2 Å². The predicted octanol–water partition coefficient (Wildman–Crippen LogP) is 5.74. The van der Waals surface area contributed by atoms with Crippen LogP contribution in [0.2, 0.25) is 0 Å². The molecule has 1 heterocycles. The Morgan fingerprint density at radius 3 is 2.28 bits per heavy atom. The number of rotatable bonds is 8. The quantitative estimate of drug-likeness (QED) is 0.374. The molecule has 0 aromatic heterocycles. The van der Waals surface area contributed by atoms with Gasteiger partial charge in [0.25, 0.3) is 0 Å². The average Bonchev–Trinajstić information content (AvgIpc) is 3.34. The minimum atomic E-state index is -0.472. The van der Waals surface area contributed by atoms with Crippen LogP contribution in [0.4, 0.5) is 0 Å². The summed E-state index contributed by atoms with van der Waals surface area (Å²) in [6.45, 7) is 3.77. The Bertz CT molecular complexity index is 826. The monoisotopic (exact) mass is 457 g/mol. The molecule has 0 bridgehead atoms. The molecular weight excluding hydrogens is 422 g/mol. The minimum absolute atomic E-state index is 0. The van der Waals surface area contributed by atoms with Gasteiger partial charge >= 0.3 is 5.97 Å². The number of ether oxygens (including phenoxy) is 2. The van der Waals surface area contributed by atoms with Crippen LogP contribution in [0.3, 0.4) is 0 Å². The van der Waals surface area contributed by atoms with Crippen LogP contribution in [-0.2, 0) is 14.9 Å². The van der Waals surface area contributed by atoms with Crippen molar-refractivity contribution in [3.05, 3.63) is 65.7 Å². The third-order valence-corrected chi connectivity index (χ3v) is 7.20. The SMILES string of the molecule is COc1ccc(C2(C(=O)OCCCN3CCC(c4ccccc4)CC3)CCCC2)cc1.Cl. The maximum atomic E-state index is 13.1. The number of hydrogen-bond acceptors (Lipinski definition) is 4. The highest BCUT2D eigenvalue weighted by Crippen LogP contribution is 2.42. The van der Waals surface area contributed by atoms with Gasteiger partial charge in [-0.3, -0.25) is 4.79 Å². The molecule has 2 aliphatic rings. The lowest BCUT2D eigenvalue weighted by Crippen LogP contribution is -2.36. The Hall–Kier alpha value is -2.04. The summed E-state index contributed by atoms with van der Waals surface area (Å²) >= 11 is 0. The van der Waals surface area contributed by atoms with Crippen LogP contribution in [0.1, 0.15) is 62.0 Å². The van der Waals surface area contributed by atoms with Crippen LogP contribution in [0.5, 0.6) is 5.75 Å². The van der Waals surface area contributed by atoms with E-state index in [4.69, 9.17) is 9.47 Å². The molecule has 1 aliphatic carbocycles. The molecule has 4 rings (SSSR count). The van der Waals surface area contributed by atoms with Crippen molar-refractivity contribution in [1.29, 1.82) is 0 Å². The second-order valence-corrected chi connectivity index (χ2v) is 9.03. The highest BCUT2D eigenvalue weighted by Gasteiger charge is 2.44. The number of likely N-dealkylation sites (tertiary alicyclic amines) is 1. The van der Waals surface area contributed by atoms with Gasteiger partial charge in [0.2, 0.25) is 0 Å². The molecule has 0 atom stereocenters. The molecule has 0 amide bonds. The number of benzene rings is 2. The van der Waals surface area contributed by atoms with Gasteiger partial charge in [-0.15, -0.1) is 12.4 Å². The Kier molecular flexibility index (Phi) is 9.01. The third-order valence-electron chi connectivity index (χ3n) is 7.20. The molecule has 1 saturated heterocycles. The number of piperidine rings is 1. The van der Waals surface area contributed by atoms with E-state index in [9.17, 15) is 4.79 Å². The molecule has 0 N–H and O–H groups in total. The van der Waals surface area contributed by atoms with Gasteiger partial charge in [-0.25, -0.2) is 0 Å². The summed E-state index contributed by atoms with van der Waals surface area (Å²) in [6, 6.07) is 18.8. The maximum Gasteiger partial charge on any atom is 0.316 e. The zero-order valence-corrected chi connectivity index (χ0v) is 19.9. The molecule has 1 saturated carbocycles. The Balaban J connectivity index is 0.00000289. The predicted molar refractivity (Wildman–Crippen MR) is 131 cm³/mol. The lowest BCUT2D eigenvalue weighted by atomic mass is 9.79. The highest BCUT2D eigenvalue weighted by atomic mass is 35.5. The van der Waals surface area contributed by atoms with E-state index < -0.39 is 5.41 Å². The van der Waals surface area contributed by atoms with Crippen LogP contribution in [0.25, 0.3) is 0 Å². The van der Waals surface area contributed by atoms with Crippen molar-refractivity contribution in [2.45, 2.75) is 56.3 Å². The lowest BCUT2D eigenvalue weighted by molar-refractivity contribution is -0.150. The van der Waals surface area contributed by atoms with Gasteiger partial charge in [-0.1, -0.05) is 55.3 Å². The molecule has 2 fully saturated rings. The largest absolute Gasteiger partial charge is 0.497 e. The molecule has 0 radical (unpaired) electrons. The number of esters is 1. The summed E-state index contributed by atoms with van der Waals surface area (Å²) in [4.78, 5) is 15.6. The molecule has 1 aliphatic heterocycles. The van der Waals surface area contributed by atoms with Crippen molar-refractivity contribution in [3.63, 3.8) is 0 Å². The summed E-state index contributed by atoms with van der Waals surface area (Å²) in [5.74, 6) is 1.46. The fourth-order valence-electron chi connectivity index (χ4n) is 5.31. The van der Waals surface area contributed by atoms with Gasteiger partial charge in [-0.2, -0.15) is 0 Å². The molecule has 2 aromatic carbocycles. The normalized spacial score (nSPS) is 18.7. The van der Waals surface area contributed by atoms with E-state index in [1.54, 1.807) is 7.11 Å². The number of carbonyl (C=O) groups excluding carboxylic acids is 1. The van der Waals surface area contributed by atoms with Crippen molar-refractivity contribution < 1.29 is 14.3 Å². The lowest BCUT2D eigenvalue weighted by Gasteiger charge is -2.32. The van der Waals surface area contributed by atoms with Gasteiger partial charge in [0.1, 0.15) is 5.75 Å². The number of nitrogens with zero attached hydrogens (tertiary/aromatic N) is 1. The van der Waals surface area contributed by atoms with Crippen molar-refractivity contribution in [2.24, 2.45) is 0 Å². The van der Waals surface area contributed by atoms with E-state index in [1.165, 1.54) is 18.4 Å². The van der Waals surface area contributed by atoms with E-state index in [0.29, 0.717) is 12.5 Å². The smallest absolute Gasteiger partial charge is 0.316 e.